The van der Waals surface area contributed by atoms with E-state index in [0.717, 1.165) is 112 Å². The number of rotatable bonds is 16. The van der Waals surface area contributed by atoms with E-state index in [9.17, 15) is 0 Å². The molecule has 0 unspecified atom stereocenters. The molecule has 2 aliphatic rings. The Morgan fingerprint density at radius 1 is 0.459 bits per heavy atom. The predicted molar refractivity (Wildman–Crippen MR) is 254 cm³/mol. The van der Waals surface area contributed by atoms with Crippen molar-refractivity contribution in [3.05, 3.63) is 131 Å². The first-order chi connectivity index (χ1) is 29.7. The van der Waals surface area contributed by atoms with Crippen molar-refractivity contribution < 1.29 is 26.5 Å². The summed E-state index contributed by atoms with van der Waals surface area (Å²) in [6, 6.07) is 33.7. The molecule has 0 saturated heterocycles. The standard InChI is InChI=1S/C52H48N4O2S2.Cu/c1-3-5-7-15-29-57-37-31-47(59-33-37)51-43-25-21-39(53-43)49(35-17-11-9-12-18-35)41-23-27-45(55-41)52(48-32-38(34-60-48)58-30-16-8-6-4-2)46-28-24-42(56-46)50(36-19-13-10-14-20-36)40-22-26-44(51)54-40;/h9-14,17-28,31-34H,3-8,15-16,29-30H2,1-2H3;/q-2;+2. The van der Waals surface area contributed by atoms with E-state index in [4.69, 9.17) is 29.4 Å². The number of unbranched alkanes of at least 4 members (excludes halogenated alkanes) is 6. The molecule has 9 heteroatoms. The Hall–Kier alpha value is -5.44. The van der Waals surface area contributed by atoms with Gasteiger partial charge in [-0.25, -0.2) is 9.97 Å². The maximum atomic E-state index is 6.27. The predicted octanol–water partition coefficient (Wildman–Crippen LogP) is 14.6. The summed E-state index contributed by atoms with van der Waals surface area (Å²) in [7, 11) is 0. The zero-order valence-corrected chi connectivity index (χ0v) is 37.1. The van der Waals surface area contributed by atoms with Gasteiger partial charge in [0.1, 0.15) is 11.5 Å². The van der Waals surface area contributed by atoms with Crippen molar-refractivity contribution in [2.45, 2.75) is 65.2 Å². The van der Waals surface area contributed by atoms with Crippen LogP contribution in [0.1, 0.15) is 88.0 Å². The van der Waals surface area contributed by atoms with Crippen LogP contribution in [-0.4, -0.2) is 23.2 Å². The first-order valence-electron chi connectivity index (χ1n) is 21.3. The number of fused-ring (bicyclic) bond motifs is 8. The molecule has 0 aliphatic carbocycles. The van der Waals surface area contributed by atoms with E-state index in [2.05, 4.69) is 134 Å². The van der Waals surface area contributed by atoms with E-state index in [1.54, 1.807) is 22.7 Å². The van der Waals surface area contributed by atoms with Crippen LogP contribution in [0.3, 0.4) is 0 Å². The number of nitrogens with zero attached hydrogens (tertiary/aromatic N) is 4. The summed E-state index contributed by atoms with van der Waals surface area (Å²) in [5, 5.41) is 4.21. The molecule has 9 rings (SSSR count). The summed E-state index contributed by atoms with van der Waals surface area (Å²) in [6.45, 7) is 5.87. The third kappa shape index (κ3) is 9.41. The molecule has 0 fully saturated rings. The second-order valence-corrected chi connectivity index (χ2v) is 17.0. The smallest absolute Gasteiger partial charge is 0.657 e. The van der Waals surface area contributed by atoms with E-state index in [0.29, 0.717) is 13.2 Å². The van der Waals surface area contributed by atoms with E-state index in [-0.39, 0.29) is 17.1 Å². The van der Waals surface area contributed by atoms with Crippen LogP contribution in [0.25, 0.3) is 89.5 Å². The van der Waals surface area contributed by atoms with Crippen LogP contribution in [0.4, 0.5) is 0 Å². The van der Waals surface area contributed by atoms with Gasteiger partial charge in [0.05, 0.1) is 36.0 Å². The van der Waals surface area contributed by atoms with E-state index in [1.165, 1.54) is 38.5 Å². The molecule has 0 atom stereocenters. The van der Waals surface area contributed by atoms with E-state index in [1.807, 2.05) is 12.1 Å². The molecule has 2 aliphatic heterocycles. The minimum absolute atomic E-state index is 0. The summed E-state index contributed by atoms with van der Waals surface area (Å²) in [5.74, 6) is 1.76. The number of aromatic nitrogens is 4. The zero-order chi connectivity index (χ0) is 40.7. The Bertz CT molecular complexity index is 2620. The summed E-state index contributed by atoms with van der Waals surface area (Å²) in [6.07, 6.45) is 17.8. The van der Waals surface area contributed by atoms with Crippen molar-refractivity contribution in [1.82, 2.24) is 19.9 Å². The van der Waals surface area contributed by atoms with Crippen molar-refractivity contribution >= 4 is 69.0 Å². The molecule has 8 bridgehead atoms. The van der Waals surface area contributed by atoms with Crippen molar-refractivity contribution in [3.63, 3.8) is 0 Å². The number of hydrogen-bond donors (Lipinski definition) is 0. The van der Waals surface area contributed by atoms with Crippen molar-refractivity contribution in [1.29, 1.82) is 0 Å². The number of benzene rings is 2. The van der Waals surface area contributed by atoms with Crippen LogP contribution in [0.2, 0.25) is 0 Å². The second kappa shape index (κ2) is 20.0. The first kappa shape index (κ1) is 42.3. The largest absolute Gasteiger partial charge is 2.00 e. The van der Waals surface area contributed by atoms with Gasteiger partial charge in [-0.1, -0.05) is 137 Å². The minimum Gasteiger partial charge on any atom is -0.657 e. The quantitative estimate of drug-likeness (QED) is 0.0711. The van der Waals surface area contributed by atoms with Crippen LogP contribution in [-0.2, 0) is 17.1 Å². The number of ether oxygens (including phenoxy) is 2. The topological polar surface area (TPSA) is 72.4 Å². The molecule has 0 amide bonds. The average molecular weight is 889 g/mol. The molecule has 0 spiro atoms. The normalized spacial score (nSPS) is 11.8. The molecule has 5 aromatic heterocycles. The Kier molecular flexibility index (Phi) is 13.8. The molecule has 2 aromatic carbocycles. The molecule has 6 nitrogen and oxygen atoms in total. The van der Waals surface area contributed by atoms with Crippen molar-refractivity contribution in [2.75, 3.05) is 13.2 Å². The van der Waals surface area contributed by atoms with Gasteiger partial charge in [-0.2, -0.15) is 0 Å². The van der Waals surface area contributed by atoms with Gasteiger partial charge >= 0.3 is 17.1 Å². The molecule has 0 saturated carbocycles. The molecular formula is C52H48CuN4O2S2. The van der Waals surface area contributed by atoms with E-state index >= 15 is 0 Å². The van der Waals surface area contributed by atoms with Gasteiger partial charge in [0.25, 0.3) is 0 Å². The maximum absolute atomic E-state index is 6.27. The van der Waals surface area contributed by atoms with Crippen LogP contribution in [0.15, 0.2) is 108 Å². The first-order valence-corrected chi connectivity index (χ1v) is 23.0. The van der Waals surface area contributed by atoms with Crippen LogP contribution >= 0.6 is 22.7 Å². The van der Waals surface area contributed by atoms with Crippen molar-refractivity contribution in [3.8, 4) is 54.6 Å². The summed E-state index contributed by atoms with van der Waals surface area (Å²) in [5.41, 5.74) is 12.8. The van der Waals surface area contributed by atoms with Gasteiger partial charge in [0.15, 0.2) is 0 Å². The molecule has 7 heterocycles. The monoisotopic (exact) mass is 887 g/mol. The van der Waals surface area contributed by atoms with Crippen LogP contribution < -0.4 is 19.4 Å². The fourth-order valence-electron chi connectivity index (χ4n) is 7.88. The average Bonchev–Trinajstić information content (AvgIpc) is 4.14. The Morgan fingerprint density at radius 2 is 0.836 bits per heavy atom. The fourth-order valence-corrected chi connectivity index (χ4v) is 9.66. The Morgan fingerprint density at radius 3 is 1.23 bits per heavy atom. The third-order valence-electron chi connectivity index (χ3n) is 10.9. The fraction of sp³-hybridized carbons (Fsp3) is 0.231. The summed E-state index contributed by atoms with van der Waals surface area (Å²) >= 11 is 3.33. The Balaban J connectivity index is 0.00000514. The Labute approximate surface area is 377 Å². The van der Waals surface area contributed by atoms with Crippen molar-refractivity contribution in [2.24, 2.45) is 0 Å². The van der Waals surface area contributed by atoms with Crippen LogP contribution in [0.5, 0.6) is 11.5 Å². The van der Waals surface area contributed by atoms with Gasteiger partial charge < -0.3 is 19.4 Å². The molecule has 0 N–H and O–H groups in total. The molecule has 7 aromatic rings. The molecular weight excluding hydrogens is 840 g/mol. The van der Waals surface area contributed by atoms with Gasteiger partial charge in [-0.05, 0) is 71.5 Å². The molecule has 61 heavy (non-hydrogen) atoms. The van der Waals surface area contributed by atoms with Gasteiger partial charge in [0, 0.05) is 31.6 Å². The van der Waals surface area contributed by atoms with Crippen LogP contribution in [0, 0.1) is 0 Å². The summed E-state index contributed by atoms with van der Waals surface area (Å²) < 4.78 is 12.5. The third-order valence-corrected chi connectivity index (χ3v) is 12.8. The SMILES string of the molecule is CCCCCCOc1csc(-c2c3nc(c(-c4ccccc4)c4ccc([n-]4)c(-c4cc(OCCCCCC)cs4)c4nc(c(-c5ccccc5)c5ccc2[n-]5)C=C4)C=C3)c1.[Cu+2]. The number of hydrogen-bond acceptors (Lipinski definition) is 6. The van der Waals surface area contributed by atoms with Gasteiger partial charge in [-0.15, -0.1) is 44.7 Å². The molecule has 1 radical (unpaired) electrons. The number of thiophene rings is 2. The zero-order valence-electron chi connectivity index (χ0n) is 34.5. The second-order valence-electron chi connectivity index (χ2n) is 15.2. The molecule has 311 valence electrons. The minimum atomic E-state index is 0. The van der Waals surface area contributed by atoms with E-state index < -0.39 is 0 Å². The maximum Gasteiger partial charge on any atom is 2.00 e. The van der Waals surface area contributed by atoms with Gasteiger partial charge in [0.2, 0.25) is 0 Å². The summed E-state index contributed by atoms with van der Waals surface area (Å²) in [4.78, 5) is 23.8. The van der Waals surface area contributed by atoms with Gasteiger partial charge in [-0.3, -0.25) is 0 Å².